The summed E-state index contributed by atoms with van der Waals surface area (Å²) in [6, 6.07) is 14.9. The minimum Gasteiger partial charge on any atom is -0.378 e. The summed E-state index contributed by atoms with van der Waals surface area (Å²) >= 11 is 5.84. The van der Waals surface area contributed by atoms with Crippen LogP contribution in [0.1, 0.15) is 12.5 Å². The van der Waals surface area contributed by atoms with Crippen LogP contribution >= 0.6 is 11.6 Å². The molecule has 0 aliphatic heterocycles. The van der Waals surface area contributed by atoms with Gasteiger partial charge in [0, 0.05) is 50.5 Å². The molecule has 0 radical (unpaired) electrons. The minimum absolute atomic E-state index is 0.0606. The third kappa shape index (κ3) is 5.77. The lowest BCUT2D eigenvalue weighted by molar-refractivity contribution is -0.121. The van der Waals surface area contributed by atoms with Gasteiger partial charge in [-0.3, -0.25) is 9.59 Å². The van der Waals surface area contributed by atoms with Gasteiger partial charge in [0.05, 0.1) is 6.42 Å². The summed E-state index contributed by atoms with van der Waals surface area (Å²) in [7, 11) is 3.93. The molecule has 0 spiro atoms. The second-order valence-corrected chi connectivity index (χ2v) is 6.67. The zero-order valence-electron chi connectivity index (χ0n) is 15.3. The fraction of sp³-hybridized carbons (Fsp3) is 0.300. The van der Waals surface area contributed by atoms with Gasteiger partial charge in [-0.1, -0.05) is 23.7 Å². The molecule has 2 aromatic carbocycles. The van der Waals surface area contributed by atoms with Crippen molar-refractivity contribution in [3.05, 3.63) is 59.1 Å². The molecule has 0 aromatic heterocycles. The number of rotatable bonds is 7. The van der Waals surface area contributed by atoms with Crippen LogP contribution in [0.4, 0.5) is 11.4 Å². The summed E-state index contributed by atoms with van der Waals surface area (Å²) in [5, 5.41) is 3.50. The molecule has 2 rings (SSSR count). The fourth-order valence-electron chi connectivity index (χ4n) is 2.56. The number of carbonyl (C=O) groups excluding carboxylic acids is 2. The third-order valence-electron chi connectivity index (χ3n) is 3.99. The van der Waals surface area contributed by atoms with Crippen molar-refractivity contribution in [3.63, 3.8) is 0 Å². The highest BCUT2D eigenvalue weighted by atomic mass is 35.5. The number of halogens is 1. The van der Waals surface area contributed by atoms with E-state index in [1.165, 1.54) is 6.92 Å². The number of hydrogen-bond acceptors (Lipinski definition) is 3. The van der Waals surface area contributed by atoms with Crippen LogP contribution in [0.5, 0.6) is 0 Å². The average Bonchev–Trinajstić information content (AvgIpc) is 2.60. The number of carbonyl (C=O) groups is 2. The Bertz CT molecular complexity index is 743. The van der Waals surface area contributed by atoms with Crippen molar-refractivity contribution in [2.75, 3.05) is 37.0 Å². The Hall–Kier alpha value is -2.53. The molecule has 0 aliphatic carbocycles. The lowest BCUT2D eigenvalue weighted by Crippen LogP contribution is -2.38. The first-order valence-corrected chi connectivity index (χ1v) is 8.81. The molecule has 0 fully saturated rings. The van der Waals surface area contributed by atoms with E-state index in [-0.39, 0.29) is 18.2 Å². The van der Waals surface area contributed by atoms with Crippen LogP contribution in [0.3, 0.4) is 0 Å². The van der Waals surface area contributed by atoms with Gasteiger partial charge < -0.3 is 15.1 Å². The maximum atomic E-state index is 12.1. The summed E-state index contributed by atoms with van der Waals surface area (Å²) in [5.74, 6) is -0.145. The Morgan fingerprint density at radius 3 is 2.08 bits per heavy atom. The maximum absolute atomic E-state index is 12.1. The molecule has 2 amide bonds. The van der Waals surface area contributed by atoms with Gasteiger partial charge in [-0.25, -0.2) is 0 Å². The van der Waals surface area contributed by atoms with E-state index in [4.69, 9.17) is 11.6 Å². The van der Waals surface area contributed by atoms with Crippen molar-refractivity contribution in [2.45, 2.75) is 13.3 Å². The summed E-state index contributed by atoms with van der Waals surface area (Å²) < 4.78 is 0. The molecule has 0 bridgehead atoms. The monoisotopic (exact) mass is 373 g/mol. The molecule has 0 aliphatic rings. The van der Waals surface area contributed by atoms with Crippen LogP contribution in [-0.2, 0) is 16.0 Å². The van der Waals surface area contributed by atoms with Crippen molar-refractivity contribution < 1.29 is 9.59 Å². The van der Waals surface area contributed by atoms with Crippen LogP contribution in [0.25, 0.3) is 0 Å². The molecule has 0 saturated heterocycles. The Morgan fingerprint density at radius 1 is 0.962 bits per heavy atom. The number of benzene rings is 2. The SMILES string of the molecule is CC(=O)N(CCNC(=O)Cc1ccc(Cl)cc1)c1ccc(N(C)C)cc1. The summed E-state index contributed by atoms with van der Waals surface area (Å²) in [6.45, 7) is 2.33. The number of nitrogens with zero attached hydrogens (tertiary/aromatic N) is 2. The van der Waals surface area contributed by atoms with Gasteiger partial charge >= 0.3 is 0 Å². The van der Waals surface area contributed by atoms with Crippen LogP contribution in [0.2, 0.25) is 5.02 Å². The van der Waals surface area contributed by atoms with Crippen molar-refractivity contribution >= 4 is 34.8 Å². The van der Waals surface area contributed by atoms with Gasteiger partial charge in [0.25, 0.3) is 0 Å². The molecule has 5 nitrogen and oxygen atoms in total. The van der Waals surface area contributed by atoms with Gasteiger partial charge in [0.2, 0.25) is 11.8 Å². The summed E-state index contributed by atoms with van der Waals surface area (Å²) in [4.78, 5) is 27.7. The Balaban J connectivity index is 1.89. The van der Waals surface area contributed by atoms with E-state index in [0.29, 0.717) is 18.1 Å². The van der Waals surface area contributed by atoms with Gasteiger partial charge in [-0.15, -0.1) is 0 Å². The second kappa shape index (κ2) is 9.25. The Labute approximate surface area is 159 Å². The zero-order valence-corrected chi connectivity index (χ0v) is 16.1. The van der Waals surface area contributed by atoms with Crippen molar-refractivity contribution in [2.24, 2.45) is 0 Å². The van der Waals surface area contributed by atoms with Crippen LogP contribution in [0.15, 0.2) is 48.5 Å². The first kappa shape index (κ1) is 19.8. The van der Waals surface area contributed by atoms with Gasteiger partial charge in [-0.05, 0) is 42.0 Å². The molecule has 0 atom stereocenters. The van der Waals surface area contributed by atoms with Gasteiger partial charge in [-0.2, -0.15) is 0 Å². The Kier molecular flexibility index (Phi) is 7.04. The number of hydrogen-bond donors (Lipinski definition) is 1. The predicted octanol–water partition coefficient (Wildman–Crippen LogP) is 3.12. The van der Waals surface area contributed by atoms with Crippen LogP contribution < -0.4 is 15.1 Å². The van der Waals surface area contributed by atoms with E-state index < -0.39 is 0 Å². The van der Waals surface area contributed by atoms with Crippen molar-refractivity contribution in [1.82, 2.24) is 5.32 Å². The largest absolute Gasteiger partial charge is 0.378 e. The second-order valence-electron chi connectivity index (χ2n) is 6.23. The lowest BCUT2D eigenvalue weighted by atomic mass is 10.1. The molecule has 138 valence electrons. The molecular formula is C20H24ClN3O2. The Morgan fingerprint density at radius 2 is 1.54 bits per heavy atom. The van der Waals surface area contributed by atoms with Crippen molar-refractivity contribution in [1.29, 1.82) is 0 Å². The molecule has 2 aromatic rings. The smallest absolute Gasteiger partial charge is 0.224 e. The molecule has 26 heavy (non-hydrogen) atoms. The fourth-order valence-corrected chi connectivity index (χ4v) is 2.68. The topological polar surface area (TPSA) is 52.7 Å². The van der Waals surface area contributed by atoms with Crippen LogP contribution in [-0.4, -0.2) is 39.0 Å². The highest BCUT2D eigenvalue weighted by Gasteiger charge is 2.12. The van der Waals surface area contributed by atoms with Crippen molar-refractivity contribution in [3.8, 4) is 0 Å². The van der Waals surface area contributed by atoms with E-state index in [2.05, 4.69) is 5.32 Å². The molecule has 0 saturated carbocycles. The number of anilines is 2. The highest BCUT2D eigenvalue weighted by molar-refractivity contribution is 6.30. The van der Waals surface area contributed by atoms with Crippen LogP contribution in [0, 0.1) is 0 Å². The summed E-state index contributed by atoms with van der Waals surface area (Å²) in [5.41, 5.74) is 2.78. The summed E-state index contributed by atoms with van der Waals surface area (Å²) in [6.07, 6.45) is 0.286. The molecular weight excluding hydrogens is 350 g/mol. The van der Waals surface area contributed by atoms with Gasteiger partial charge in [0.15, 0.2) is 0 Å². The van der Waals surface area contributed by atoms with E-state index in [0.717, 1.165) is 16.9 Å². The van der Waals surface area contributed by atoms with E-state index in [1.807, 2.05) is 55.4 Å². The zero-order chi connectivity index (χ0) is 19.1. The van der Waals surface area contributed by atoms with Gasteiger partial charge in [0.1, 0.15) is 0 Å². The quantitative estimate of drug-likeness (QED) is 0.811. The number of amides is 2. The lowest BCUT2D eigenvalue weighted by Gasteiger charge is -2.22. The average molecular weight is 374 g/mol. The first-order chi connectivity index (χ1) is 12.4. The molecule has 0 unspecified atom stereocenters. The predicted molar refractivity (Wildman–Crippen MR) is 107 cm³/mol. The third-order valence-corrected chi connectivity index (χ3v) is 4.25. The minimum atomic E-state index is -0.0845. The first-order valence-electron chi connectivity index (χ1n) is 8.43. The van der Waals surface area contributed by atoms with E-state index >= 15 is 0 Å². The number of nitrogens with one attached hydrogen (secondary N) is 1. The standard InChI is InChI=1S/C20H24ClN3O2/c1-15(25)24(19-10-8-18(9-11-19)23(2)3)13-12-22-20(26)14-16-4-6-17(21)7-5-16/h4-11H,12-14H2,1-3H3,(H,22,26). The molecule has 0 heterocycles. The molecule has 6 heteroatoms. The molecule has 1 N–H and O–H groups in total. The highest BCUT2D eigenvalue weighted by Crippen LogP contribution is 2.19. The van der Waals surface area contributed by atoms with E-state index in [1.54, 1.807) is 17.0 Å². The van der Waals surface area contributed by atoms with E-state index in [9.17, 15) is 9.59 Å². The maximum Gasteiger partial charge on any atom is 0.224 e. The normalized spacial score (nSPS) is 10.3.